The first-order valence-electron chi connectivity index (χ1n) is 8.37. The molecule has 140 valence electrons. The van der Waals surface area contributed by atoms with E-state index in [0.717, 1.165) is 40.2 Å². The third-order valence-corrected chi connectivity index (χ3v) is 4.80. The Kier molecular flexibility index (Phi) is 5.71. The van der Waals surface area contributed by atoms with Crippen LogP contribution in [0, 0.1) is 0 Å². The SMILES string of the molecule is COC1=CC=C(c2cnsc2-c2cc(OC(C)=O)cc(OC(C)=O)c2)CC1. The number of hydrogen-bond donors (Lipinski definition) is 0. The maximum atomic E-state index is 11.4. The number of aromatic nitrogens is 1. The molecule has 0 amide bonds. The summed E-state index contributed by atoms with van der Waals surface area (Å²) in [5.41, 5.74) is 2.91. The zero-order valence-electron chi connectivity index (χ0n) is 15.3. The van der Waals surface area contributed by atoms with Gasteiger partial charge in [-0.2, -0.15) is 4.37 Å². The number of carbonyl (C=O) groups is 2. The fraction of sp³-hybridized carbons (Fsp3) is 0.250. The van der Waals surface area contributed by atoms with Gasteiger partial charge in [-0.3, -0.25) is 9.59 Å². The van der Waals surface area contributed by atoms with Crippen molar-refractivity contribution >= 4 is 29.0 Å². The van der Waals surface area contributed by atoms with Gasteiger partial charge in [-0.15, -0.1) is 0 Å². The molecule has 2 aromatic rings. The van der Waals surface area contributed by atoms with E-state index in [9.17, 15) is 9.59 Å². The van der Waals surface area contributed by atoms with E-state index >= 15 is 0 Å². The lowest BCUT2D eigenvalue weighted by molar-refractivity contribution is -0.132. The van der Waals surface area contributed by atoms with Gasteiger partial charge in [-0.1, -0.05) is 6.08 Å². The molecule has 27 heavy (non-hydrogen) atoms. The zero-order valence-corrected chi connectivity index (χ0v) is 16.1. The van der Waals surface area contributed by atoms with Crippen molar-refractivity contribution in [2.75, 3.05) is 7.11 Å². The first-order chi connectivity index (χ1) is 13.0. The van der Waals surface area contributed by atoms with Crippen LogP contribution in [0.3, 0.4) is 0 Å². The minimum Gasteiger partial charge on any atom is -0.501 e. The van der Waals surface area contributed by atoms with Crippen LogP contribution in [0.5, 0.6) is 11.5 Å². The lowest BCUT2D eigenvalue weighted by Crippen LogP contribution is -2.04. The number of allylic oxidation sites excluding steroid dienone is 4. The second-order valence-electron chi connectivity index (χ2n) is 5.98. The van der Waals surface area contributed by atoms with Gasteiger partial charge in [0.25, 0.3) is 0 Å². The second kappa shape index (κ2) is 8.18. The molecule has 1 heterocycles. The summed E-state index contributed by atoms with van der Waals surface area (Å²) in [5.74, 6) is 0.678. The largest absolute Gasteiger partial charge is 0.501 e. The van der Waals surface area contributed by atoms with Gasteiger partial charge >= 0.3 is 11.9 Å². The first-order valence-corrected chi connectivity index (χ1v) is 9.14. The average Bonchev–Trinajstić information content (AvgIpc) is 3.10. The summed E-state index contributed by atoms with van der Waals surface area (Å²) >= 11 is 1.33. The standard InChI is InChI=1S/C20H19NO5S/c1-12(22)25-17-8-15(9-18(10-17)26-13(2)23)20-19(11-21-27-20)14-4-6-16(24-3)7-5-14/h4,6,8-11H,5,7H2,1-3H3. The second-order valence-corrected chi connectivity index (χ2v) is 6.78. The molecule has 0 fully saturated rings. The van der Waals surface area contributed by atoms with E-state index in [1.807, 2.05) is 18.3 Å². The van der Waals surface area contributed by atoms with Gasteiger partial charge < -0.3 is 14.2 Å². The van der Waals surface area contributed by atoms with Crippen LogP contribution in [0.4, 0.5) is 0 Å². The number of ether oxygens (including phenoxy) is 3. The predicted molar refractivity (Wildman–Crippen MR) is 102 cm³/mol. The molecule has 3 rings (SSSR count). The van der Waals surface area contributed by atoms with Crippen LogP contribution >= 0.6 is 11.5 Å². The van der Waals surface area contributed by atoms with Crippen LogP contribution < -0.4 is 9.47 Å². The number of nitrogens with zero attached hydrogens (tertiary/aromatic N) is 1. The molecular weight excluding hydrogens is 366 g/mol. The van der Waals surface area contributed by atoms with Gasteiger partial charge in [-0.05, 0) is 41.7 Å². The van der Waals surface area contributed by atoms with Crippen molar-refractivity contribution in [2.45, 2.75) is 26.7 Å². The van der Waals surface area contributed by atoms with Crippen molar-refractivity contribution in [2.24, 2.45) is 0 Å². The van der Waals surface area contributed by atoms with Gasteiger partial charge in [-0.25, -0.2) is 0 Å². The summed E-state index contributed by atoms with van der Waals surface area (Å²) in [7, 11) is 1.67. The van der Waals surface area contributed by atoms with E-state index in [-0.39, 0.29) is 0 Å². The van der Waals surface area contributed by atoms with E-state index in [0.29, 0.717) is 11.5 Å². The van der Waals surface area contributed by atoms with Crippen LogP contribution in [-0.4, -0.2) is 23.4 Å². The third-order valence-electron chi connectivity index (χ3n) is 3.96. The zero-order chi connectivity index (χ0) is 19.4. The number of esters is 2. The quantitative estimate of drug-likeness (QED) is 0.562. The van der Waals surface area contributed by atoms with Gasteiger partial charge in [0, 0.05) is 43.7 Å². The summed E-state index contributed by atoms with van der Waals surface area (Å²) in [5, 5.41) is 0. The molecule has 1 aliphatic rings. The van der Waals surface area contributed by atoms with Crippen molar-refractivity contribution in [1.82, 2.24) is 4.37 Å². The van der Waals surface area contributed by atoms with Crippen molar-refractivity contribution < 1.29 is 23.8 Å². The highest BCUT2D eigenvalue weighted by atomic mass is 32.1. The van der Waals surface area contributed by atoms with E-state index in [4.69, 9.17) is 14.2 Å². The summed E-state index contributed by atoms with van der Waals surface area (Å²) in [6.45, 7) is 2.64. The monoisotopic (exact) mass is 385 g/mol. The Morgan fingerprint density at radius 3 is 2.19 bits per heavy atom. The van der Waals surface area contributed by atoms with Gasteiger partial charge in [0.15, 0.2) is 0 Å². The molecule has 0 N–H and O–H groups in total. The van der Waals surface area contributed by atoms with Gasteiger partial charge in [0.1, 0.15) is 11.5 Å². The Morgan fingerprint density at radius 2 is 1.67 bits per heavy atom. The minimum absolute atomic E-state index is 0.315. The van der Waals surface area contributed by atoms with Crippen molar-refractivity contribution in [1.29, 1.82) is 0 Å². The molecule has 0 atom stereocenters. The molecular formula is C20H19NO5S. The number of methoxy groups -OCH3 is 1. The van der Waals surface area contributed by atoms with Gasteiger partial charge in [0.2, 0.25) is 0 Å². The van der Waals surface area contributed by atoms with Crippen LogP contribution in [-0.2, 0) is 14.3 Å². The smallest absolute Gasteiger partial charge is 0.308 e. The average molecular weight is 385 g/mol. The van der Waals surface area contributed by atoms with Crippen LogP contribution in [0.1, 0.15) is 32.3 Å². The fourth-order valence-corrected chi connectivity index (χ4v) is 3.61. The highest BCUT2D eigenvalue weighted by molar-refractivity contribution is 7.09. The molecule has 0 unspecified atom stereocenters. The molecule has 1 aliphatic carbocycles. The van der Waals surface area contributed by atoms with Crippen LogP contribution in [0.2, 0.25) is 0 Å². The van der Waals surface area contributed by atoms with Gasteiger partial charge in [0.05, 0.1) is 17.7 Å². The van der Waals surface area contributed by atoms with E-state index in [2.05, 4.69) is 4.37 Å². The summed E-state index contributed by atoms with van der Waals surface area (Å²) < 4.78 is 20.0. The van der Waals surface area contributed by atoms with Crippen molar-refractivity contribution in [3.63, 3.8) is 0 Å². The van der Waals surface area contributed by atoms with Crippen molar-refractivity contribution in [3.8, 4) is 21.9 Å². The highest BCUT2D eigenvalue weighted by Crippen LogP contribution is 2.39. The predicted octanol–water partition coefficient (Wildman–Crippen LogP) is 4.37. The van der Waals surface area contributed by atoms with Crippen molar-refractivity contribution in [3.05, 3.63) is 47.9 Å². The number of carbonyl (C=O) groups excluding carboxylic acids is 2. The van der Waals surface area contributed by atoms with E-state index in [1.165, 1.54) is 31.4 Å². The summed E-state index contributed by atoms with van der Waals surface area (Å²) in [4.78, 5) is 23.6. The molecule has 0 saturated heterocycles. The Labute approximate surface area is 161 Å². The Balaban J connectivity index is 2.03. The Bertz CT molecular complexity index is 907. The molecule has 0 bridgehead atoms. The number of rotatable bonds is 5. The number of benzene rings is 1. The number of hydrogen-bond acceptors (Lipinski definition) is 7. The third kappa shape index (κ3) is 4.62. The van der Waals surface area contributed by atoms with E-state index in [1.54, 1.807) is 19.2 Å². The fourth-order valence-electron chi connectivity index (χ4n) is 2.84. The summed E-state index contributed by atoms with van der Waals surface area (Å²) in [6.07, 6.45) is 7.47. The molecule has 1 aromatic heterocycles. The lowest BCUT2D eigenvalue weighted by Gasteiger charge is -2.14. The molecule has 6 nitrogen and oxygen atoms in total. The Morgan fingerprint density at radius 1 is 1.00 bits per heavy atom. The van der Waals surface area contributed by atoms with Crippen LogP contribution in [0.15, 0.2) is 42.3 Å². The summed E-state index contributed by atoms with van der Waals surface area (Å²) in [6, 6.07) is 5.00. The topological polar surface area (TPSA) is 74.7 Å². The normalized spacial score (nSPS) is 13.4. The minimum atomic E-state index is -0.447. The highest BCUT2D eigenvalue weighted by Gasteiger charge is 2.17. The van der Waals surface area contributed by atoms with E-state index < -0.39 is 11.9 Å². The molecule has 1 aromatic carbocycles. The van der Waals surface area contributed by atoms with Crippen LogP contribution in [0.25, 0.3) is 16.0 Å². The molecule has 0 spiro atoms. The molecule has 7 heteroatoms. The molecule has 0 aliphatic heterocycles. The maximum absolute atomic E-state index is 11.4. The Hall–Kier alpha value is -2.93. The maximum Gasteiger partial charge on any atom is 0.308 e. The molecule has 0 saturated carbocycles. The molecule has 0 radical (unpaired) electrons. The lowest BCUT2D eigenvalue weighted by atomic mass is 9.95. The first kappa shape index (κ1) is 18.8.